The highest BCUT2D eigenvalue weighted by molar-refractivity contribution is 5.94. The van der Waals surface area contributed by atoms with Gasteiger partial charge in [0, 0.05) is 17.7 Å². The predicted octanol–water partition coefficient (Wildman–Crippen LogP) is 3.55. The Balaban J connectivity index is 1.48. The predicted molar refractivity (Wildman–Crippen MR) is 119 cm³/mol. The van der Waals surface area contributed by atoms with Crippen LogP contribution in [-0.2, 0) is 0 Å². The second-order valence-electron chi connectivity index (χ2n) is 7.01. The average molecular weight is 429 g/mol. The van der Waals surface area contributed by atoms with Crippen LogP contribution in [0.15, 0.2) is 65.8 Å². The first-order valence-electron chi connectivity index (χ1n) is 9.69. The van der Waals surface area contributed by atoms with E-state index >= 15 is 0 Å². The first-order chi connectivity index (χ1) is 15.4. The van der Waals surface area contributed by atoms with E-state index in [4.69, 9.17) is 0 Å². The zero-order chi connectivity index (χ0) is 22.7. The lowest BCUT2D eigenvalue weighted by Gasteiger charge is -2.04. The highest BCUT2D eigenvalue weighted by Gasteiger charge is 2.18. The van der Waals surface area contributed by atoms with Gasteiger partial charge in [0.2, 0.25) is 0 Å². The number of nitro benzene ring substituents is 1. The normalized spacial score (nSPS) is 11.1. The van der Waals surface area contributed by atoms with Gasteiger partial charge >= 0.3 is 0 Å². The maximum atomic E-state index is 12.4. The van der Waals surface area contributed by atoms with Gasteiger partial charge in [-0.3, -0.25) is 20.0 Å². The summed E-state index contributed by atoms with van der Waals surface area (Å²) in [4.78, 5) is 22.6. The molecule has 0 saturated heterocycles. The van der Waals surface area contributed by atoms with Crippen LogP contribution in [0.5, 0.6) is 0 Å². The largest absolute Gasteiger partial charge is 0.289 e. The van der Waals surface area contributed by atoms with Crippen molar-refractivity contribution in [3.8, 4) is 16.9 Å². The maximum Gasteiger partial charge on any atom is 0.289 e. The summed E-state index contributed by atoms with van der Waals surface area (Å²) >= 11 is 0. The van der Waals surface area contributed by atoms with Crippen LogP contribution in [0.3, 0.4) is 0 Å². The molecule has 4 rings (SSSR count). The Morgan fingerprint density at radius 1 is 1.16 bits per heavy atom. The van der Waals surface area contributed by atoms with E-state index in [0.717, 1.165) is 22.6 Å². The summed E-state index contributed by atoms with van der Waals surface area (Å²) in [6.07, 6.45) is 1.40. The van der Waals surface area contributed by atoms with Gasteiger partial charge in [-0.15, -0.1) is 0 Å². The van der Waals surface area contributed by atoms with E-state index in [0.29, 0.717) is 11.3 Å². The lowest BCUT2D eigenvalue weighted by molar-refractivity contribution is -0.384. The minimum absolute atomic E-state index is 0.0163. The molecule has 0 bridgehead atoms. The van der Waals surface area contributed by atoms with Gasteiger partial charge in [-0.2, -0.15) is 15.3 Å². The van der Waals surface area contributed by atoms with E-state index in [-0.39, 0.29) is 11.4 Å². The van der Waals surface area contributed by atoms with E-state index in [9.17, 15) is 14.9 Å². The fourth-order valence-corrected chi connectivity index (χ4v) is 3.31. The molecule has 10 nitrogen and oxygen atoms in total. The van der Waals surface area contributed by atoms with Crippen LogP contribution in [0, 0.1) is 24.0 Å². The number of carbonyl (C=O) groups is 1. The Morgan fingerprint density at radius 3 is 2.56 bits per heavy atom. The zero-order valence-corrected chi connectivity index (χ0v) is 17.3. The van der Waals surface area contributed by atoms with Gasteiger partial charge < -0.3 is 0 Å². The number of amides is 1. The van der Waals surface area contributed by atoms with Crippen LogP contribution < -0.4 is 5.43 Å². The molecule has 1 amide bonds. The van der Waals surface area contributed by atoms with Crippen molar-refractivity contribution in [3.63, 3.8) is 0 Å². The number of nitrogens with one attached hydrogen (secondary N) is 2. The number of aryl methyl sites for hydroxylation is 1. The average Bonchev–Trinajstić information content (AvgIpc) is 3.39. The van der Waals surface area contributed by atoms with Crippen molar-refractivity contribution in [3.05, 3.63) is 93.4 Å². The van der Waals surface area contributed by atoms with Crippen molar-refractivity contribution in [2.45, 2.75) is 13.8 Å². The van der Waals surface area contributed by atoms with Crippen LogP contribution in [0.1, 0.15) is 27.4 Å². The fourth-order valence-electron chi connectivity index (χ4n) is 3.31. The number of benzene rings is 2. The number of H-pyrrole nitrogens is 1. The lowest BCUT2D eigenvalue weighted by atomic mass is 10.1. The SMILES string of the molecule is Cc1nn(-c2ccccc2)c(C)c1-c1cc(C(=O)NN=Cc2ccc([N+](=O)[O-])cc2)[nH]n1. The van der Waals surface area contributed by atoms with Crippen molar-refractivity contribution in [1.82, 2.24) is 25.4 Å². The fraction of sp³-hybridized carbons (Fsp3) is 0.0909. The maximum absolute atomic E-state index is 12.4. The number of nitrogens with zero attached hydrogens (tertiary/aromatic N) is 5. The van der Waals surface area contributed by atoms with Crippen molar-refractivity contribution < 1.29 is 9.72 Å². The molecule has 0 fully saturated rings. The van der Waals surface area contributed by atoms with E-state index < -0.39 is 10.8 Å². The Morgan fingerprint density at radius 2 is 1.88 bits per heavy atom. The molecule has 32 heavy (non-hydrogen) atoms. The molecule has 0 atom stereocenters. The second-order valence-corrected chi connectivity index (χ2v) is 7.01. The van der Waals surface area contributed by atoms with Crippen LogP contribution in [0.2, 0.25) is 0 Å². The van der Waals surface area contributed by atoms with Crippen LogP contribution in [0.25, 0.3) is 16.9 Å². The zero-order valence-electron chi connectivity index (χ0n) is 17.3. The molecule has 0 aliphatic carbocycles. The third-order valence-electron chi connectivity index (χ3n) is 4.85. The van der Waals surface area contributed by atoms with E-state index in [1.54, 1.807) is 6.07 Å². The highest BCUT2D eigenvalue weighted by Crippen LogP contribution is 2.27. The minimum atomic E-state index is -0.481. The van der Waals surface area contributed by atoms with E-state index in [2.05, 4.69) is 25.8 Å². The number of hydrogen-bond donors (Lipinski definition) is 2. The van der Waals surface area contributed by atoms with E-state index in [1.165, 1.54) is 30.5 Å². The summed E-state index contributed by atoms with van der Waals surface area (Å²) in [5, 5.41) is 26.2. The van der Waals surface area contributed by atoms with Gasteiger partial charge in [-0.05, 0) is 49.7 Å². The van der Waals surface area contributed by atoms with Gasteiger partial charge in [0.05, 0.1) is 33.9 Å². The lowest BCUT2D eigenvalue weighted by Crippen LogP contribution is -2.18. The third kappa shape index (κ3) is 4.15. The number of aromatic amines is 1. The smallest absolute Gasteiger partial charge is 0.272 e. The molecule has 0 radical (unpaired) electrons. The molecule has 4 aromatic rings. The number of non-ortho nitro benzene ring substituents is 1. The highest BCUT2D eigenvalue weighted by atomic mass is 16.6. The summed E-state index contributed by atoms with van der Waals surface area (Å²) in [5.74, 6) is -0.465. The number of aromatic nitrogens is 4. The first kappa shape index (κ1) is 20.7. The summed E-state index contributed by atoms with van der Waals surface area (Å²) < 4.78 is 1.84. The van der Waals surface area contributed by atoms with Gasteiger partial charge in [0.1, 0.15) is 5.69 Å². The van der Waals surface area contributed by atoms with Gasteiger partial charge in [0.15, 0.2) is 0 Å². The van der Waals surface area contributed by atoms with Crippen LogP contribution >= 0.6 is 0 Å². The molecular weight excluding hydrogens is 410 g/mol. The van der Waals surface area contributed by atoms with Crippen molar-refractivity contribution in [2.75, 3.05) is 0 Å². The van der Waals surface area contributed by atoms with Gasteiger partial charge in [0.25, 0.3) is 11.6 Å². The molecule has 2 aromatic carbocycles. The third-order valence-corrected chi connectivity index (χ3v) is 4.85. The van der Waals surface area contributed by atoms with Crippen molar-refractivity contribution in [1.29, 1.82) is 0 Å². The number of hydrazone groups is 1. The topological polar surface area (TPSA) is 131 Å². The molecule has 0 spiro atoms. The standard InChI is InChI=1S/C22H19N7O3/c1-14-21(15(2)28(27-14)17-6-4-3-5-7-17)19-12-20(25-24-19)22(30)26-23-13-16-8-10-18(11-9-16)29(31)32/h3-13H,1-2H3,(H,24,25)(H,26,30). The quantitative estimate of drug-likeness (QED) is 0.275. The minimum Gasteiger partial charge on any atom is -0.272 e. The number of carbonyl (C=O) groups excluding carboxylic acids is 1. The first-order valence-corrected chi connectivity index (χ1v) is 9.69. The molecule has 0 unspecified atom stereocenters. The Labute approximate surface area is 182 Å². The van der Waals surface area contributed by atoms with Gasteiger partial charge in [-0.25, -0.2) is 10.1 Å². The van der Waals surface area contributed by atoms with Crippen molar-refractivity contribution >= 4 is 17.8 Å². The number of para-hydroxylation sites is 1. The molecule has 0 aliphatic heterocycles. The van der Waals surface area contributed by atoms with Crippen molar-refractivity contribution in [2.24, 2.45) is 5.10 Å². The van der Waals surface area contributed by atoms with Crippen LogP contribution in [-0.4, -0.2) is 37.0 Å². The summed E-state index contributed by atoms with van der Waals surface area (Å²) in [7, 11) is 0. The Kier molecular flexibility index (Phi) is 5.58. The number of nitro groups is 1. The summed E-state index contributed by atoms with van der Waals surface area (Å²) in [5.41, 5.74) is 7.34. The van der Waals surface area contributed by atoms with E-state index in [1.807, 2.05) is 48.9 Å². The number of rotatable bonds is 6. The molecule has 2 N–H and O–H groups in total. The van der Waals surface area contributed by atoms with Crippen LogP contribution in [0.4, 0.5) is 5.69 Å². The molecule has 160 valence electrons. The van der Waals surface area contributed by atoms with Gasteiger partial charge in [-0.1, -0.05) is 18.2 Å². The molecule has 2 heterocycles. The Hall–Kier alpha value is -4.60. The monoisotopic (exact) mass is 429 g/mol. The molecule has 0 aliphatic rings. The molecule has 10 heteroatoms. The summed E-state index contributed by atoms with van der Waals surface area (Å²) in [6.45, 7) is 3.84. The molecular formula is C22H19N7O3. The molecule has 2 aromatic heterocycles. The second kappa shape index (κ2) is 8.64. The Bertz CT molecular complexity index is 1310. The number of hydrogen-bond acceptors (Lipinski definition) is 6. The molecule has 0 saturated carbocycles. The summed E-state index contributed by atoms with van der Waals surface area (Å²) in [6, 6.07) is 17.2.